The van der Waals surface area contributed by atoms with Crippen LogP contribution in [0.2, 0.25) is 0 Å². The largest absolute Gasteiger partial charge is 0.392 e. The fourth-order valence-electron chi connectivity index (χ4n) is 3.38. The molecule has 1 aliphatic carbocycles. The summed E-state index contributed by atoms with van der Waals surface area (Å²) in [7, 11) is 1.78. The van der Waals surface area contributed by atoms with Gasteiger partial charge in [0.25, 0.3) is 0 Å². The predicted octanol–water partition coefficient (Wildman–Crippen LogP) is 1.90. The van der Waals surface area contributed by atoms with E-state index in [-0.39, 0.29) is 6.10 Å². The summed E-state index contributed by atoms with van der Waals surface area (Å²) >= 11 is 0. The number of β-amino-alcohol motifs (C(OH)–C–C–N with tert-alkyl or cyclic N) is 1. The highest BCUT2D eigenvalue weighted by molar-refractivity contribution is 4.81. The summed E-state index contributed by atoms with van der Waals surface area (Å²) in [6.07, 6.45) is 7.58. The molecule has 0 amide bonds. The number of methoxy groups -OCH3 is 1. The van der Waals surface area contributed by atoms with Gasteiger partial charge in [-0.25, -0.2) is 0 Å². The lowest BCUT2D eigenvalue weighted by molar-refractivity contribution is 0.0518. The highest BCUT2D eigenvalue weighted by Gasteiger charge is 2.27. The molecular weight excluding hydrogens is 214 g/mol. The molecule has 2 atom stereocenters. The Hall–Kier alpha value is -0.120. The van der Waals surface area contributed by atoms with Crippen molar-refractivity contribution in [1.82, 2.24) is 4.90 Å². The highest BCUT2D eigenvalue weighted by Crippen LogP contribution is 2.27. The molecule has 0 bridgehead atoms. The average Bonchev–Trinajstić information content (AvgIpc) is 2.78. The molecule has 1 saturated heterocycles. The number of likely N-dealkylation sites (tertiary alicyclic amines) is 1. The molecule has 1 N–H and O–H groups in total. The van der Waals surface area contributed by atoms with Gasteiger partial charge >= 0.3 is 0 Å². The van der Waals surface area contributed by atoms with Crippen molar-refractivity contribution in [2.24, 2.45) is 11.8 Å². The van der Waals surface area contributed by atoms with Crippen LogP contribution in [0, 0.1) is 11.8 Å². The average molecular weight is 241 g/mol. The first-order chi connectivity index (χ1) is 8.29. The molecular formula is C14H27NO2. The summed E-state index contributed by atoms with van der Waals surface area (Å²) in [5, 5.41) is 10.3. The smallest absolute Gasteiger partial charge is 0.0695 e. The number of hydrogen-bond donors (Lipinski definition) is 1. The third-order valence-electron chi connectivity index (χ3n) is 4.41. The van der Waals surface area contributed by atoms with Crippen LogP contribution in [0.3, 0.4) is 0 Å². The lowest BCUT2D eigenvalue weighted by atomic mass is 9.85. The molecule has 17 heavy (non-hydrogen) atoms. The minimum Gasteiger partial charge on any atom is -0.392 e. The van der Waals surface area contributed by atoms with Crippen molar-refractivity contribution in [2.45, 2.75) is 44.6 Å². The molecule has 3 heteroatoms. The van der Waals surface area contributed by atoms with Gasteiger partial charge in [-0.3, -0.25) is 0 Å². The molecule has 2 fully saturated rings. The topological polar surface area (TPSA) is 32.7 Å². The zero-order valence-electron chi connectivity index (χ0n) is 11.1. The molecule has 0 radical (unpaired) electrons. The van der Waals surface area contributed by atoms with Crippen molar-refractivity contribution >= 4 is 0 Å². The van der Waals surface area contributed by atoms with Crippen LogP contribution in [0.4, 0.5) is 0 Å². The maximum atomic E-state index is 10.3. The summed E-state index contributed by atoms with van der Waals surface area (Å²) in [5.74, 6) is 1.24. The summed E-state index contributed by atoms with van der Waals surface area (Å²) in [5.41, 5.74) is 0. The third kappa shape index (κ3) is 3.94. The Balaban J connectivity index is 1.69. The van der Waals surface area contributed by atoms with E-state index in [2.05, 4.69) is 4.90 Å². The zero-order valence-corrected chi connectivity index (χ0v) is 11.1. The highest BCUT2D eigenvalue weighted by atomic mass is 16.5. The van der Waals surface area contributed by atoms with Crippen molar-refractivity contribution in [1.29, 1.82) is 0 Å². The number of nitrogens with zero attached hydrogens (tertiary/aromatic N) is 1. The van der Waals surface area contributed by atoms with Crippen molar-refractivity contribution in [3.63, 3.8) is 0 Å². The molecule has 3 nitrogen and oxygen atoms in total. The van der Waals surface area contributed by atoms with Crippen LogP contribution in [-0.2, 0) is 4.74 Å². The van der Waals surface area contributed by atoms with Gasteiger partial charge in [0, 0.05) is 20.2 Å². The van der Waals surface area contributed by atoms with E-state index in [4.69, 9.17) is 4.74 Å². The number of ether oxygens (including phenoxy) is 1. The van der Waals surface area contributed by atoms with E-state index in [1.165, 1.54) is 38.5 Å². The van der Waals surface area contributed by atoms with Gasteiger partial charge in [0.1, 0.15) is 0 Å². The van der Waals surface area contributed by atoms with Gasteiger partial charge in [-0.2, -0.15) is 0 Å². The molecule has 100 valence electrons. The zero-order chi connectivity index (χ0) is 12.1. The van der Waals surface area contributed by atoms with E-state index in [1.54, 1.807) is 7.11 Å². The van der Waals surface area contributed by atoms with Crippen LogP contribution in [0.15, 0.2) is 0 Å². The van der Waals surface area contributed by atoms with Crippen molar-refractivity contribution in [3.05, 3.63) is 0 Å². The Morgan fingerprint density at radius 3 is 2.71 bits per heavy atom. The molecule has 2 unspecified atom stereocenters. The molecule has 1 saturated carbocycles. The van der Waals surface area contributed by atoms with Crippen LogP contribution in [0.25, 0.3) is 0 Å². The van der Waals surface area contributed by atoms with Gasteiger partial charge in [0.05, 0.1) is 12.7 Å². The van der Waals surface area contributed by atoms with Gasteiger partial charge < -0.3 is 14.7 Å². The Morgan fingerprint density at radius 2 is 2.00 bits per heavy atom. The Morgan fingerprint density at radius 1 is 1.24 bits per heavy atom. The lowest BCUT2D eigenvalue weighted by Gasteiger charge is -2.29. The standard InChI is InChI=1S/C14H27NO2/c1-17-11-12-7-8-15(9-12)10-14(16)13-5-3-2-4-6-13/h12-14,16H,2-11H2,1H3. The second-order valence-corrected chi connectivity index (χ2v) is 5.84. The maximum Gasteiger partial charge on any atom is 0.0695 e. The predicted molar refractivity (Wildman–Crippen MR) is 69.0 cm³/mol. The molecule has 0 aromatic carbocycles. The van der Waals surface area contributed by atoms with E-state index >= 15 is 0 Å². The lowest BCUT2D eigenvalue weighted by Crippen LogP contribution is -2.36. The van der Waals surface area contributed by atoms with E-state index in [1.807, 2.05) is 0 Å². The number of hydrogen-bond acceptors (Lipinski definition) is 3. The number of rotatable bonds is 5. The fraction of sp³-hybridized carbons (Fsp3) is 1.00. The maximum absolute atomic E-state index is 10.3. The van der Waals surface area contributed by atoms with Crippen molar-refractivity contribution in [2.75, 3.05) is 33.4 Å². The molecule has 0 aromatic rings. The van der Waals surface area contributed by atoms with Crippen LogP contribution >= 0.6 is 0 Å². The molecule has 2 rings (SSSR count). The third-order valence-corrected chi connectivity index (χ3v) is 4.41. The van der Waals surface area contributed by atoms with Gasteiger partial charge in [0.2, 0.25) is 0 Å². The van der Waals surface area contributed by atoms with E-state index in [0.29, 0.717) is 11.8 Å². The minimum atomic E-state index is -0.100. The molecule has 2 aliphatic rings. The second kappa shape index (κ2) is 6.72. The number of aliphatic hydroxyl groups excluding tert-OH is 1. The summed E-state index contributed by atoms with van der Waals surface area (Å²) in [6, 6.07) is 0. The fourth-order valence-corrected chi connectivity index (χ4v) is 3.38. The summed E-state index contributed by atoms with van der Waals surface area (Å²) < 4.78 is 5.21. The number of aliphatic hydroxyl groups is 1. The van der Waals surface area contributed by atoms with E-state index in [9.17, 15) is 5.11 Å². The van der Waals surface area contributed by atoms with Gasteiger partial charge in [-0.15, -0.1) is 0 Å². The monoisotopic (exact) mass is 241 g/mol. The second-order valence-electron chi connectivity index (χ2n) is 5.84. The van der Waals surface area contributed by atoms with Gasteiger partial charge in [0.15, 0.2) is 0 Å². The van der Waals surface area contributed by atoms with Gasteiger partial charge in [-0.05, 0) is 37.6 Å². The van der Waals surface area contributed by atoms with Crippen LogP contribution in [0.1, 0.15) is 38.5 Å². The Kier molecular flexibility index (Phi) is 5.26. The van der Waals surface area contributed by atoms with Crippen molar-refractivity contribution < 1.29 is 9.84 Å². The molecule has 1 aliphatic heterocycles. The Bertz CT molecular complexity index is 216. The first-order valence-corrected chi connectivity index (χ1v) is 7.19. The van der Waals surface area contributed by atoms with Crippen LogP contribution in [0.5, 0.6) is 0 Å². The van der Waals surface area contributed by atoms with Crippen LogP contribution < -0.4 is 0 Å². The minimum absolute atomic E-state index is 0.100. The normalized spacial score (nSPS) is 29.6. The van der Waals surface area contributed by atoms with Crippen molar-refractivity contribution in [3.8, 4) is 0 Å². The molecule has 0 aromatic heterocycles. The van der Waals surface area contributed by atoms with Gasteiger partial charge in [-0.1, -0.05) is 19.3 Å². The SMILES string of the molecule is COCC1CCN(CC(O)C2CCCCC2)C1. The quantitative estimate of drug-likeness (QED) is 0.798. The molecule has 1 heterocycles. The van der Waals surface area contributed by atoms with E-state index < -0.39 is 0 Å². The summed E-state index contributed by atoms with van der Waals surface area (Å²) in [4.78, 5) is 2.42. The Labute approximate surface area is 105 Å². The first-order valence-electron chi connectivity index (χ1n) is 7.19. The molecule has 0 spiro atoms. The first kappa shape index (κ1) is 13.3. The van der Waals surface area contributed by atoms with Crippen LogP contribution in [-0.4, -0.2) is 49.5 Å². The summed E-state index contributed by atoms with van der Waals surface area (Å²) in [6.45, 7) is 4.00. The van der Waals surface area contributed by atoms with E-state index in [0.717, 1.165) is 26.2 Å².